The highest BCUT2D eigenvalue weighted by Crippen LogP contribution is 2.30. The van der Waals surface area contributed by atoms with Gasteiger partial charge in [-0.2, -0.15) is 0 Å². The Morgan fingerprint density at radius 2 is 2.38 bits per heavy atom. The maximum atomic E-state index is 9.98. The zero-order valence-corrected chi connectivity index (χ0v) is 9.18. The Labute approximate surface area is 93.5 Å². The summed E-state index contributed by atoms with van der Waals surface area (Å²) in [6, 6.07) is 3.80. The van der Waals surface area contributed by atoms with E-state index in [-0.39, 0.29) is 0 Å². The molecule has 0 saturated heterocycles. The summed E-state index contributed by atoms with van der Waals surface area (Å²) in [5.41, 5.74) is 1.09. The van der Waals surface area contributed by atoms with Crippen molar-refractivity contribution in [1.82, 2.24) is 9.55 Å². The number of furan rings is 1. The molecule has 0 spiro atoms. The van der Waals surface area contributed by atoms with Crippen molar-refractivity contribution in [3.05, 3.63) is 29.8 Å². The molecule has 3 rings (SSSR count). The highest BCUT2D eigenvalue weighted by molar-refractivity contribution is 5.49. The first-order valence-electron chi connectivity index (χ1n) is 5.56. The normalized spacial score (nSPS) is 19.8. The molecular weight excluding hydrogens is 204 g/mol. The number of aromatic nitrogens is 2. The summed E-state index contributed by atoms with van der Waals surface area (Å²) >= 11 is 0. The van der Waals surface area contributed by atoms with E-state index in [2.05, 4.69) is 4.98 Å². The van der Waals surface area contributed by atoms with Crippen LogP contribution in [0.4, 0.5) is 0 Å². The Kier molecular flexibility index (Phi) is 2.11. The van der Waals surface area contributed by atoms with Gasteiger partial charge in [0, 0.05) is 11.9 Å². The van der Waals surface area contributed by atoms with Crippen LogP contribution in [0.25, 0.3) is 11.6 Å². The first kappa shape index (κ1) is 9.66. The van der Waals surface area contributed by atoms with Crippen molar-refractivity contribution >= 4 is 0 Å². The number of imidazole rings is 1. The predicted molar refractivity (Wildman–Crippen MR) is 58.9 cm³/mol. The van der Waals surface area contributed by atoms with E-state index in [1.165, 1.54) is 0 Å². The van der Waals surface area contributed by atoms with Crippen LogP contribution in [0.15, 0.2) is 22.7 Å². The molecule has 1 N–H and O–H groups in total. The van der Waals surface area contributed by atoms with Crippen LogP contribution in [0.1, 0.15) is 30.5 Å². The molecule has 2 aromatic rings. The second-order valence-corrected chi connectivity index (χ2v) is 4.23. The summed E-state index contributed by atoms with van der Waals surface area (Å²) in [5, 5.41) is 9.98. The molecule has 16 heavy (non-hydrogen) atoms. The average Bonchev–Trinajstić information content (AvgIpc) is 2.84. The number of rotatable bonds is 1. The lowest BCUT2D eigenvalue weighted by Crippen LogP contribution is -2.17. The van der Waals surface area contributed by atoms with Crippen molar-refractivity contribution in [3.8, 4) is 11.6 Å². The van der Waals surface area contributed by atoms with Gasteiger partial charge in [-0.25, -0.2) is 4.98 Å². The molecule has 0 amide bonds. The Hall–Kier alpha value is -1.55. The lowest BCUT2D eigenvalue weighted by atomic mass is 10.1. The molecule has 1 unspecified atom stereocenters. The highest BCUT2D eigenvalue weighted by atomic mass is 16.3. The molecule has 84 valence electrons. The van der Waals surface area contributed by atoms with Crippen LogP contribution in [-0.2, 0) is 6.42 Å². The quantitative estimate of drug-likeness (QED) is 0.798. The monoisotopic (exact) mass is 218 g/mol. The second-order valence-electron chi connectivity index (χ2n) is 4.23. The summed E-state index contributed by atoms with van der Waals surface area (Å²) in [6.45, 7) is 1.90. The molecule has 0 fully saturated rings. The largest absolute Gasteiger partial charge is 0.458 e. The van der Waals surface area contributed by atoms with Crippen molar-refractivity contribution in [3.63, 3.8) is 0 Å². The van der Waals surface area contributed by atoms with Gasteiger partial charge in [-0.15, -0.1) is 0 Å². The molecule has 0 radical (unpaired) electrons. The van der Waals surface area contributed by atoms with Gasteiger partial charge in [-0.3, -0.25) is 4.57 Å². The Morgan fingerprint density at radius 3 is 3.12 bits per heavy atom. The lowest BCUT2D eigenvalue weighted by Gasteiger charge is -2.22. The number of aliphatic hydroxyl groups excluding tert-OH is 1. The molecule has 0 aliphatic carbocycles. The molecule has 1 aliphatic heterocycles. The maximum absolute atomic E-state index is 9.98. The van der Waals surface area contributed by atoms with E-state index in [0.29, 0.717) is 0 Å². The minimum Gasteiger partial charge on any atom is -0.458 e. The fourth-order valence-corrected chi connectivity index (χ4v) is 2.25. The fourth-order valence-electron chi connectivity index (χ4n) is 2.25. The van der Waals surface area contributed by atoms with Gasteiger partial charge in [0.2, 0.25) is 0 Å². The van der Waals surface area contributed by atoms with Crippen LogP contribution in [0.3, 0.4) is 0 Å². The fraction of sp³-hybridized carbons (Fsp3) is 0.417. The molecule has 4 nitrogen and oxygen atoms in total. The summed E-state index contributed by atoms with van der Waals surface area (Å²) < 4.78 is 7.42. The third-order valence-electron chi connectivity index (χ3n) is 3.03. The second kappa shape index (κ2) is 3.49. The topological polar surface area (TPSA) is 51.2 Å². The summed E-state index contributed by atoms with van der Waals surface area (Å²) in [5.74, 6) is 2.32. The smallest absolute Gasteiger partial charge is 0.178 e. The molecule has 4 heteroatoms. The van der Waals surface area contributed by atoms with Gasteiger partial charge in [-0.05, 0) is 38.3 Å². The molecule has 2 aromatic heterocycles. The Morgan fingerprint density at radius 1 is 1.50 bits per heavy atom. The standard InChI is InChI=1S/C12H14N2O2/c1-8-5-6-10(16-8)12-13-7-9-3-2-4-11(15)14(9)12/h5-7,11,15H,2-4H2,1H3. The van der Waals surface area contributed by atoms with Crippen molar-refractivity contribution in [2.45, 2.75) is 32.4 Å². The van der Waals surface area contributed by atoms with Crippen LogP contribution in [0.2, 0.25) is 0 Å². The van der Waals surface area contributed by atoms with E-state index >= 15 is 0 Å². The molecule has 0 bridgehead atoms. The van der Waals surface area contributed by atoms with Crippen LogP contribution >= 0.6 is 0 Å². The van der Waals surface area contributed by atoms with Crippen LogP contribution < -0.4 is 0 Å². The van der Waals surface area contributed by atoms with Gasteiger partial charge in [0.05, 0.1) is 0 Å². The lowest BCUT2D eigenvalue weighted by molar-refractivity contribution is 0.0802. The van der Waals surface area contributed by atoms with Crippen molar-refractivity contribution in [1.29, 1.82) is 0 Å². The van der Waals surface area contributed by atoms with Crippen molar-refractivity contribution < 1.29 is 9.52 Å². The van der Waals surface area contributed by atoms with Gasteiger partial charge in [-0.1, -0.05) is 0 Å². The Bertz CT molecular complexity index is 513. The van der Waals surface area contributed by atoms with Crippen LogP contribution in [0.5, 0.6) is 0 Å². The van der Waals surface area contributed by atoms with Gasteiger partial charge in [0.1, 0.15) is 12.0 Å². The third kappa shape index (κ3) is 1.38. The SMILES string of the molecule is Cc1ccc(-c2ncc3n2C(O)CCC3)o1. The number of hydrogen-bond acceptors (Lipinski definition) is 3. The summed E-state index contributed by atoms with van der Waals surface area (Å²) in [7, 11) is 0. The van der Waals surface area contributed by atoms with E-state index in [4.69, 9.17) is 4.42 Å². The van der Waals surface area contributed by atoms with Crippen molar-refractivity contribution in [2.75, 3.05) is 0 Å². The zero-order chi connectivity index (χ0) is 11.1. The Balaban J connectivity index is 2.12. The van der Waals surface area contributed by atoms with Crippen LogP contribution in [0, 0.1) is 6.92 Å². The van der Waals surface area contributed by atoms with E-state index in [1.807, 2.05) is 29.8 Å². The van der Waals surface area contributed by atoms with E-state index in [0.717, 1.165) is 42.3 Å². The molecule has 0 saturated carbocycles. The van der Waals surface area contributed by atoms with Crippen molar-refractivity contribution in [2.24, 2.45) is 0 Å². The first-order valence-corrected chi connectivity index (χ1v) is 5.56. The number of fused-ring (bicyclic) bond motifs is 1. The number of nitrogens with zero attached hydrogens (tertiary/aromatic N) is 2. The summed E-state index contributed by atoms with van der Waals surface area (Å²) in [4.78, 5) is 4.34. The minimum atomic E-state index is -0.466. The molecule has 1 aliphatic rings. The third-order valence-corrected chi connectivity index (χ3v) is 3.03. The summed E-state index contributed by atoms with van der Waals surface area (Å²) in [6.07, 6.45) is 4.14. The van der Waals surface area contributed by atoms with E-state index in [1.54, 1.807) is 0 Å². The number of aliphatic hydroxyl groups is 1. The maximum Gasteiger partial charge on any atom is 0.178 e. The van der Waals surface area contributed by atoms with E-state index < -0.39 is 6.23 Å². The van der Waals surface area contributed by atoms with Gasteiger partial charge in [0.15, 0.2) is 11.6 Å². The highest BCUT2D eigenvalue weighted by Gasteiger charge is 2.23. The van der Waals surface area contributed by atoms with Gasteiger partial charge in [0.25, 0.3) is 0 Å². The minimum absolute atomic E-state index is 0.466. The van der Waals surface area contributed by atoms with Crippen LogP contribution in [-0.4, -0.2) is 14.7 Å². The first-order chi connectivity index (χ1) is 7.75. The molecule has 1 atom stereocenters. The molecule has 0 aromatic carbocycles. The zero-order valence-electron chi connectivity index (χ0n) is 9.18. The van der Waals surface area contributed by atoms with Gasteiger partial charge < -0.3 is 9.52 Å². The average molecular weight is 218 g/mol. The molecular formula is C12H14N2O2. The molecule has 3 heterocycles. The van der Waals surface area contributed by atoms with E-state index in [9.17, 15) is 5.11 Å². The predicted octanol–water partition coefficient (Wildman–Crippen LogP) is 2.28. The number of hydrogen-bond donors (Lipinski definition) is 1. The number of aryl methyl sites for hydroxylation is 2. The van der Waals surface area contributed by atoms with Gasteiger partial charge >= 0.3 is 0 Å².